The van der Waals surface area contributed by atoms with Crippen LogP contribution in [0.15, 0.2) is 47.3 Å². The molecule has 1 N–H and O–H groups in total. The van der Waals surface area contributed by atoms with Gasteiger partial charge < -0.3 is 10.1 Å². The van der Waals surface area contributed by atoms with Crippen molar-refractivity contribution in [1.82, 2.24) is 14.9 Å². The van der Waals surface area contributed by atoms with Crippen LogP contribution in [-0.4, -0.2) is 22.6 Å². The first kappa shape index (κ1) is 20.1. The van der Waals surface area contributed by atoms with Gasteiger partial charge >= 0.3 is 0 Å². The number of amides is 1. The van der Waals surface area contributed by atoms with Crippen molar-refractivity contribution < 1.29 is 9.53 Å². The van der Waals surface area contributed by atoms with Crippen LogP contribution in [0.2, 0.25) is 0 Å². The van der Waals surface area contributed by atoms with Gasteiger partial charge in [0.2, 0.25) is 5.91 Å². The topological polar surface area (TPSA) is 73.2 Å². The minimum absolute atomic E-state index is 0.00336. The molecule has 3 aromatic rings. The molecule has 1 heterocycles. The molecule has 0 aliphatic heterocycles. The van der Waals surface area contributed by atoms with E-state index in [1.807, 2.05) is 56.3 Å². The number of hydrogen-bond acceptors (Lipinski definition) is 4. The summed E-state index contributed by atoms with van der Waals surface area (Å²) in [6, 6.07) is 13.4. The summed E-state index contributed by atoms with van der Waals surface area (Å²) in [5.41, 5.74) is 2.74. The third kappa shape index (κ3) is 4.08. The Morgan fingerprint density at radius 1 is 1.27 bits per heavy atom. The van der Waals surface area contributed by atoms with Crippen molar-refractivity contribution >= 4 is 16.8 Å². The molecule has 1 saturated carbocycles. The van der Waals surface area contributed by atoms with Gasteiger partial charge in [-0.3, -0.25) is 14.2 Å². The van der Waals surface area contributed by atoms with Crippen LogP contribution in [0.25, 0.3) is 10.9 Å². The second kappa shape index (κ2) is 8.30. The second-order valence-corrected chi connectivity index (χ2v) is 7.99. The number of carbonyl (C=O) groups excluding carboxylic acids is 1. The molecule has 0 bridgehead atoms. The molecule has 1 aliphatic rings. The standard InChI is InChI=1S/C24H27N3O3/c1-15-8-11-21(30-3)19(14-15)16(2)25-23(28)13-12-22-26-20-7-5-4-6-18(20)24(29)27(22)17-9-10-17/h4-8,11,14,16-17H,9-10,12-13H2,1-3H3,(H,25,28). The van der Waals surface area contributed by atoms with Gasteiger partial charge in [0.25, 0.3) is 5.56 Å². The predicted molar refractivity (Wildman–Crippen MR) is 117 cm³/mol. The number of para-hydroxylation sites is 1. The van der Waals surface area contributed by atoms with Gasteiger partial charge in [0, 0.05) is 24.4 Å². The van der Waals surface area contributed by atoms with E-state index in [0.29, 0.717) is 23.1 Å². The lowest BCUT2D eigenvalue weighted by atomic mass is 10.0. The summed E-state index contributed by atoms with van der Waals surface area (Å²) in [7, 11) is 1.63. The van der Waals surface area contributed by atoms with E-state index < -0.39 is 0 Å². The average Bonchev–Trinajstić information content (AvgIpc) is 3.57. The number of rotatable bonds is 7. The van der Waals surface area contributed by atoms with Crippen molar-refractivity contribution in [2.45, 2.75) is 51.6 Å². The summed E-state index contributed by atoms with van der Waals surface area (Å²) in [6.45, 7) is 3.96. The van der Waals surface area contributed by atoms with E-state index in [1.54, 1.807) is 11.7 Å². The van der Waals surface area contributed by atoms with Crippen LogP contribution in [-0.2, 0) is 11.2 Å². The molecule has 2 aromatic carbocycles. The van der Waals surface area contributed by atoms with Crippen LogP contribution in [0.1, 0.15) is 55.2 Å². The molecule has 0 saturated heterocycles. The van der Waals surface area contributed by atoms with Gasteiger partial charge in [-0.25, -0.2) is 4.98 Å². The van der Waals surface area contributed by atoms with Crippen molar-refractivity contribution in [2.24, 2.45) is 0 Å². The van der Waals surface area contributed by atoms with Crippen LogP contribution in [0.4, 0.5) is 0 Å². The van der Waals surface area contributed by atoms with Crippen LogP contribution >= 0.6 is 0 Å². The normalized spacial score (nSPS) is 14.5. The number of hydrogen-bond donors (Lipinski definition) is 1. The maximum Gasteiger partial charge on any atom is 0.261 e. The molecule has 0 spiro atoms. The van der Waals surface area contributed by atoms with Gasteiger partial charge in [0.1, 0.15) is 11.6 Å². The van der Waals surface area contributed by atoms with Crippen molar-refractivity contribution in [2.75, 3.05) is 7.11 Å². The molecule has 0 radical (unpaired) electrons. The highest BCUT2D eigenvalue weighted by atomic mass is 16.5. The van der Waals surface area contributed by atoms with E-state index in [2.05, 4.69) is 5.32 Å². The van der Waals surface area contributed by atoms with E-state index in [4.69, 9.17) is 9.72 Å². The zero-order valence-corrected chi connectivity index (χ0v) is 17.6. The first-order valence-electron chi connectivity index (χ1n) is 10.4. The minimum atomic E-state index is -0.178. The summed E-state index contributed by atoms with van der Waals surface area (Å²) >= 11 is 0. The van der Waals surface area contributed by atoms with Gasteiger partial charge in [-0.1, -0.05) is 29.8 Å². The van der Waals surface area contributed by atoms with Crippen LogP contribution in [0.5, 0.6) is 5.75 Å². The van der Waals surface area contributed by atoms with Crippen molar-refractivity contribution in [3.8, 4) is 5.75 Å². The van der Waals surface area contributed by atoms with Crippen LogP contribution in [0.3, 0.4) is 0 Å². The Balaban J connectivity index is 1.50. The molecule has 30 heavy (non-hydrogen) atoms. The van der Waals surface area contributed by atoms with Crippen LogP contribution in [0, 0.1) is 6.92 Å². The Morgan fingerprint density at radius 3 is 2.77 bits per heavy atom. The number of aryl methyl sites for hydroxylation is 2. The third-order valence-corrected chi connectivity index (χ3v) is 5.60. The summed E-state index contributed by atoms with van der Waals surface area (Å²) in [5, 5.41) is 3.69. The molecule has 156 valence electrons. The number of nitrogens with zero attached hydrogens (tertiary/aromatic N) is 2. The smallest absolute Gasteiger partial charge is 0.261 e. The van der Waals surface area contributed by atoms with Crippen molar-refractivity contribution in [1.29, 1.82) is 0 Å². The zero-order valence-electron chi connectivity index (χ0n) is 17.6. The molecule has 1 amide bonds. The quantitative estimate of drug-likeness (QED) is 0.648. The Morgan fingerprint density at radius 2 is 2.03 bits per heavy atom. The molecule has 6 nitrogen and oxygen atoms in total. The van der Waals surface area contributed by atoms with E-state index in [1.165, 1.54) is 0 Å². The lowest BCUT2D eigenvalue weighted by Crippen LogP contribution is -2.29. The molecular weight excluding hydrogens is 378 g/mol. The van der Waals surface area contributed by atoms with E-state index in [-0.39, 0.29) is 30.0 Å². The summed E-state index contributed by atoms with van der Waals surface area (Å²) in [6.07, 6.45) is 2.68. The largest absolute Gasteiger partial charge is 0.496 e. The highest BCUT2D eigenvalue weighted by molar-refractivity contribution is 5.78. The zero-order chi connectivity index (χ0) is 21.3. The Kier molecular flexibility index (Phi) is 5.57. The average molecular weight is 405 g/mol. The minimum Gasteiger partial charge on any atom is -0.496 e. The Hall–Kier alpha value is -3.15. The predicted octanol–water partition coefficient (Wildman–Crippen LogP) is 3.86. The van der Waals surface area contributed by atoms with Crippen molar-refractivity contribution in [3.05, 3.63) is 69.8 Å². The fraction of sp³-hybridized carbons (Fsp3) is 0.375. The van der Waals surface area contributed by atoms with Crippen molar-refractivity contribution in [3.63, 3.8) is 0 Å². The van der Waals surface area contributed by atoms with E-state index in [9.17, 15) is 9.59 Å². The van der Waals surface area contributed by atoms with Gasteiger partial charge in [0.15, 0.2) is 0 Å². The first-order chi connectivity index (χ1) is 14.5. The number of carbonyl (C=O) groups is 1. The number of ether oxygens (including phenoxy) is 1. The number of methoxy groups -OCH3 is 1. The Bertz CT molecular complexity index is 1150. The fourth-order valence-electron chi connectivity index (χ4n) is 3.89. The molecule has 1 unspecified atom stereocenters. The summed E-state index contributed by atoms with van der Waals surface area (Å²) in [4.78, 5) is 30.3. The van der Waals surface area contributed by atoms with Gasteiger partial charge in [-0.05, 0) is 44.9 Å². The SMILES string of the molecule is COc1ccc(C)cc1C(C)NC(=O)CCc1nc2ccccc2c(=O)n1C1CC1. The monoisotopic (exact) mass is 405 g/mol. The van der Waals surface area contributed by atoms with Gasteiger partial charge in [-0.15, -0.1) is 0 Å². The number of aromatic nitrogens is 2. The molecule has 6 heteroatoms. The van der Waals surface area contributed by atoms with Crippen LogP contribution < -0.4 is 15.6 Å². The maximum absolute atomic E-state index is 12.9. The fourth-order valence-corrected chi connectivity index (χ4v) is 3.89. The van der Waals surface area contributed by atoms with Gasteiger partial charge in [-0.2, -0.15) is 0 Å². The molecule has 1 atom stereocenters. The van der Waals surface area contributed by atoms with E-state index >= 15 is 0 Å². The molecule has 1 aliphatic carbocycles. The third-order valence-electron chi connectivity index (χ3n) is 5.60. The summed E-state index contributed by atoms with van der Waals surface area (Å²) in [5.74, 6) is 1.38. The number of nitrogens with one attached hydrogen (secondary N) is 1. The van der Waals surface area contributed by atoms with E-state index in [0.717, 1.165) is 29.7 Å². The molecule has 4 rings (SSSR count). The number of fused-ring (bicyclic) bond motifs is 1. The summed E-state index contributed by atoms with van der Waals surface area (Å²) < 4.78 is 7.23. The second-order valence-electron chi connectivity index (χ2n) is 7.99. The highest BCUT2D eigenvalue weighted by Gasteiger charge is 2.28. The lowest BCUT2D eigenvalue weighted by Gasteiger charge is -2.18. The Labute approximate surface area is 175 Å². The number of benzene rings is 2. The molecular formula is C24H27N3O3. The molecule has 1 fully saturated rings. The highest BCUT2D eigenvalue weighted by Crippen LogP contribution is 2.35. The first-order valence-corrected chi connectivity index (χ1v) is 10.4. The van der Waals surface area contributed by atoms with Gasteiger partial charge in [0.05, 0.1) is 24.1 Å². The molecule has 1 aromatic heterocycles. The maximum atomic E-state index is 12.9. The lowest BCUT2D eigenvalue weighted by molar-refractivity contribution is -0.121.